The molecule has 0 aliphatic carbocycles. The highest BCUT2D eigenvalue weighted by atomic mass is 16.3. The summed E-state index contributed by atoms with van der Waals surface area (Å²) in [5, 5.41) is 21.3. The molecule has 0 fully saturated rings. The molecule has 8 nitrogen and oxygen atoms in total. The number of aryl methyl sites for hydroxylation is 2. The molecule has 1 amide bonds. The molecule has 1 atom stereocenters. The first-order chi connectivity index (χ1) is 11.7. The van der Waals surface area contributed by atoms with Crippen LogP contribution in [0.25, 0.3) is 0 Å². The number of rotatable bonds is 5. The van der Waals surface area contributed by atoms with Crippen molar-refractivity contribution in [1.82, 2.24) is 0 Å². The van der Waals surface area contributed by atoms with Gasteiger partial charge in [0.15, 0.2) is 5.78 Å². The van der Waals surface area contributed by atoms with E-state index in [-0.39, 0.29) is 22.3 Å². The molecule has 0 spiro atoms. The highest BCUT2D eigenvalue weighted by Gasteiger charge is 2.25. The van der Waals surface area contributed by atoms with E-state index in [9.17, 15) is 14.7 Å². The Morgan fingerprint density at radius 2 is 1.77 bits per heavy atom. The van der Waals surface area contributed by atoms with Gasteiger partial charge in [-0.3, -0.25) is 9.59 Å². The Morgan fingerprint density at radius 3 is 2.35 bits per heavy atom. The van der Waals surface area contributed by atoms with Crippen LogP contribution in [0.5, 0.6) is 0 Å². The third-order valence-corrected chi connectivity index (χ3v) is 3.81. The third-order valence-electron chi connectivity index (χ3n) is 3.81. The van der Waals surface area contributed by atoms with Crippen LogP contribution in [0.3, 0.4) is 0 Å². The summed E-state index contributed by atoms with van der Waals surface area (Å²) in [7, 11) is 0. The van der Waals surface area contributed by atoms with Crippen LogP contribution in [-0.4, -0.2) is 40.1 Å². The van der Waals surface area contributed by atoms with Crippen LogP contribution in [0.15, 0.2) is 30.3 Å². The molecule has 0 saturated carbocycles. The number of ketones is 1. The Bertz CT molecular complexity index is 836. The summed E-state index contributed by atoms with van der Waals surface area (Å²) < 4.78 is 0. The average molecular weight is 361 g/mol. The average Bonchev–Trinajstić information content (AvgIpc) is 2.56. The predicted octanol–water partition coefficient (Wildman–Crippen LogP) is 0.431. The molecule has 2 aromatic rings. The Kier molecular flexibility index (Phi) is 6.85. The summed E-state index contributed by atoms with van der Waals surface area (Å²) in [5.41, 5.74) is 14.2. The van der Waals surface area contributed by atoms with E-state index in [2.05, 4.69) is 5.32 Å². The van der Waals surface area contributed by atoms with E-state index in [4.69, 9.17) is 16.6 Å². The van der Waals surface area contributed by atoms with E-state index in [1.165, 1.54) is 12.1 Å². The SMILES string of the molecule is Cc1cc(N)c(C(=O)C(O)CO)c(C(=O)Nc2ccc(N)c(C)c2)c1.O. The van der Waals surface area contributed by atoms with Gasteiger partial charge in [0, 0.05) is 17.1 Å². The van der Waals surface area contributed by atoms with Crippen molar-refractivity contribution < 1.29 is 25.3 Å². The molecule has 1 unspecified atom stereocenters. The molecule has 0 aliphatic rings. The molecule has 140 valence electrons. The minimum atomic E-state index is -1.64. The van der Waals surface area contributed by atoms with E-state index in [0.29, 0.717) is 16.9 Å². The zero-order valence-electron chi connectivity index (χ0n) is 14.5. The van der Waals surface area contributed by atoms with Crippen LogP contribution in [-0.2, 0) is 0 Å². The van der Waals surface area contributed by atoms with Gasteiger partial charge in [-0.15, -0.1) is 0 Å². The number of anilines is 3. The van der Waals surface area contributed by atoms with Gasteiger partial charge in [-0.1, -0.05) is 0 Å². The van der Waals surface area contributed by atoms with Crippen molar-refractivity contribution in [1.29, 1.82) is 0 Å². The van der Waals surface area contributed by atoms with Gasteiger partial charge in [-0.2, -0.15) is 0 Å². The number of nitrogen functional groups attached to an aromatic ring is 2. The topological polar surface area (TPSA) is 170 Å². The predicted molar refractivity (Wildman–Crippen MR) is 100 cm³/mol. The molecule has 0 bridgehead atoms. The van der Waals surface area contributed by atoms with Gasteiger partial charge in [-0.25, -0.2) is 0 Å². The van der Waals surface area contributed by atoms with Gasteiger partial charge in [0.25, 0.3) is 5.91 Å². The summed E-state index contributed by atoms with van der Waals surface area (Å²) in [4.78, 5) is 25.0. The third kappa shape index (κ3) is 4.37. The molecule has 0 aliphatic heterocycles. The lowest BCUT2D eigenvalue weighted by Crippen LogP contribution is -2.28. The number of aliphatic hydroxyl groups excluding tert-OH is 2. The molecule has 0 saturated heterocycles. The highest BCUT2D eigenvalue weighted by Crippen LogP contribution is 2.24. The van der Waals surface area contributed by atoms with Crippen molar-refractivity contribution in [3.05, 3.63) is 52.6 Å². The van der Waals surface area contributed by atoms with Gasteiger partial charge in [0.2, 0.25) is 0 Å². The zero-order chi connectivity index (χ0) is 18.7. The fourth-order valence-electron chi connectivity index (χ4n) is 2.47. The van der Waals surface area contributed by atoms with Gasteiger partial charge in [0.1, 0.15) is 6.10 Å². The second kappa shape index (κ2) is 8.43. The number of amides is 1. The van der Waals surface area contributed by atoms with Crippen molar-refractivity contribution in [3.63, 3.8) is 0 Å². The number of carbonyl (C=O) groups excluding carboxylic acids is 2. The normalized spacial score (nSPS) is 11.4. The maximum atomic E-state index is 12.7. The molecule has 2 rings (SSSR count). The first-order valence-corrected chi connectivity index (χ1v) is 7.65. The molecule has 2 aromatic carbocycles. The van der Waals surface area contributed by atoms with Crippen LogP contribution in [0.1, 0.15) is 31.8 Å². The smallest absolute Gasteiger partial charge is 0.256 e. The Morgan fingerprint density at radius 1 is 1.12 bits per heavy atom. The Labute approximate surface area is 150 Å². The first kappa shape index (κ1) is 21.1. The number of Topliss-reactive ketones (excluding diaryl/α,β-unsaturated/α-hetero) is 1. The fraction of sp³-hybridized carbons (Fsp3) is 0.222. The fourth-order valence-corrected chi connectivity index (χ4v) is 2.47. The molecular weight excluding hydrogens is 338 g/mol. The Balaban J connectivity index is 0.00000338. The number of aliphatic hydroxyl groups is 2. The van der Waals surface area contributed by atoms with Crippen LogP contribution >= 0.6 is 0 Å². The zero-order valence-corrected chi connectivity index (χ0v) is 14.5. The van der Waals surface area contributed by atoms with Crippen LogP contribution < -0.4 is 16.8 Å². The van der Waals surface area contributed by atoms with E-state index in [0.717, 1.165) is 5.56 Å². The number of nitrogens with one attached hydrogen (secondary N) is 1. The van der Waals surface area contributed by atoms with Crippen molar-refractivity contribution in [2.75, 3.05) is 23.4 Å². The van der Waals surface area contributed by atoms with Gasteiger partial charge >= 0.3 is 0 Å². The van der Waals surface area contributed by atoms with Crippen molar-refractivity contribution in [2.45, 2.75) is 20.0 Å². The van der Waals surface area contributed by atoms with E-state index < -0.39 is 24.4 Å². The van der Waals surface area contributed by atoms with Crippen molar-refractivity contribution >= 4 is 28.8 Å². The van der Waals surface area contributed by atoms with E-state index >= 15 is 0 Å². The maximum Gasteiger partial charge on any atom is 0.256 e. The minimum Gasteiger partial charge on any atom is -0.412 e. The van der Waals surface area contributed by atoms with Gasteiger partial charge in [-0.05, 0) is 55.3 Å². The lowest BCUT2D eigenvalue weighted by Gasteiger charge is -2.15. The van der Waals surface area contributed by atoms with Gasteiger partial charge in [0.05, 0.1) is 17.7 Å². The monoisotopic (exact) mass is 361 g/mol. The number of nitrogens with two attached hydrogens (primary N) is 2. The summed E-state index contributed by atoms with van der Waals surface area (Å²) in [6.07, 6.45) is -1.64. The molecule has 0 heterocycles. The number of hydrogen-bond acceptors (Lipinski definition) is 6. The minimum absolute atomic E-state index is 0. The summed E-state index contributed by atoms with van der Waals surface area (Å²) >= 11 is 0. The van der Waals surface area contributed by atoms with Crippen LogP contribution in [0, 0.1) is 13.8 Å². The Hall–Kier alpha value is -2.94. The van der Waals surface area contributed by atoms with E-state index in [1.807, 2.05) is 6.92 Å². The second-order valence-corrected chi connectivity index (χ2v) is 5.86. The van der Waals surface area contributed by atoms with Gasteiger partial charge < -0.3 is 32.5 Å². The lowest BCUT2D eigenvalue weighted by atomic mass is 9.95. The van der Waals surface area contributed by atoms with E-state index in [1.54, 1.807) is 25.1 Å². The summed E-state index contributed by atoms with van der Waals surface area (Å²) in [5.74, 6) is -1.35. The summed E-state index contributed by atoms with van der Waals surface area (Å²) in [6.45, 7) is 2.78. The molecule has 8 heteroatoms. The molecular formula is C18H23N3O5. The molecule has 26 heavy (non-hydrogen) atoms. The number of benzene rings is 2. The lowest BCUT2D eigenvalue weighted by molar-refractivity contribution is 0.0586. The summed E-state index contributed by atoms with van der Waals surface area (Å²) in [6, 6.07) is 8.05. The van der Waals surface area contributed by atoms with Crippen LogP contribution in [0.2, 0.25) is 0 Å². The molecule has 0 aromatic heterocycles. The quantitative estimate of drug-likeness (QED) is 0.382. The maximum absolute atomic E-state index is 12.7. The molecule has 0 radical (unpaired) electrons. The number of hydrogen-bond donors (Lipinski definition) is 5. The largest absolute Gasteiger partial charge is 0.412 e. The van der Waals surface area contributed by atoms with Crippen molar-refractivity contribution in [2.24, 2.45) is 0 Å². The standard InChI is InChI=1S/C18H21N3O4.H2O/c1-9-5-12(16(14(20)6-9)17(24)15(23)8-22)18(25)21-11-3-4-13(19)10(2)7-11;/h3-7,15,22-23H,8,19-20H2,1-2H3,(H,21,25);1H2. The first-order valence-electron chi connectivity index (χ1n) is 7.65. The second-order valence-electron chi connectivity index (χ2n) is 5.86. The highest BCUT2D eigenvalue weighted by molar-refractivity contribution is 6.16. The van der Waals surface area contributed by atoms with Crippen LogP contribution in [0.4, 0.5) is 17.1 Å². The molecule has 9 N–H and O–H groups in total. The van der Waals surface area contributed by atoms with Crippen molar-refractivity contribution in [3.8, 4) is 0 Å². The number of carbonyl (C=O) groups is 2.